The van der Waals surface area contributed by atoms with E-state index in [1.807, 2.05) is 44.2 Å². The lowest BCUT2D eigenvalue weighted by atomic mass is 9.94. The van der Waals surface area contributed by atoms with Crippen molar-refractivity contribution in [2.24, 2.45) is 0 Å². The number of carbonyl (C=O) groups excluding carboxylic acids is 1. The Morgan fingerprint density at radius 1 is 1.13 bits per heavy atom. The summed E-state index contributed by atoms with van der Waals surface area (Å²) in [6.07, 6.45) is 0.128. The molecule has 0 unspecified atom stereocenters. The molecule has 0 heterocycles. The van der Waals surface area contributed by atoms with E-state index in [0.717, 1.165) is 6.42 Å². The molecule has 3 nitrogen and oxygen atoms in total. The summed E-state index contributed by atoms with van der Waals surface area (Å²) in [6, 6.07) is 17.2. The standard InChI is InChI=1S/C19H22ClNO2/c1-14(23-17-12-8-7-11-16(17)20)18(22)21-19(2,3)13-15-9-5-4-6-10-15/h4-12,14H,13H2,1-3H3,(H,21,22)/t14-/m0/s1. The Kier molecular flexibility index (Phi) is 5.67. The van der Waals surface area contributed by atoms with E-state index < -0.39 is 6.10 Å². The second-order valence-corrected chi connectivity index (χ2v) is 6.63. The van der Waals surface area contributed by atoms with E-state index in [-0.39, 0.29) is 11.4 Å². The van der Waals surface area contributed by atoms with Gasteiger partial charge in [0.25, 0.3) is 5.91 Å². The first-order chi connectivity index (χ1) is 10.9. The van der Waals surface area contributed by atoms with E-state index in [1.165, 1.54) is 5.56 Å². The van der Waals surface area contributed by atoms with E-state index in [4.69, 9.17) is 16.3 Å². The van der Waals surface area contributed by atoms with E-state index >= 15 is 0 Å². The molecule has 0 aliphatic rings. The Hall–Kier alpha value is -2.00. The van der Waals surface area contributed by atoms with Crippen molar-refractivity contribution in [1.82, 2.24) is 5.32 Å². The molecule has 0 aliphatic carbocycles. The van der Waals surface area contributed by atoms with Crippen LogP contribution in [0.4, 0.5) is 0 Å². The van der Waals surface area contributed by atoms with Crippen molar-refractivity contribution in [3.63, 3.8) is 0 Å². The predicted molar refractivity (Wildman–Crippen MR) is 93.9 cm³/mol. The Morgan fingerprint density at radius 2 is 1.74 bits per heavy atom. The van der Waals surface area contributed by atoms with Gasteiger partial charge < -0.3 is 10.1 Å². The van der Waals surface area contributed by atoms with Crippen LogP contribution in [0, 0.1) is 0 Å². The van der Waals surface area contributed by atoms with Crippen LogP contribution < -0.4 is 10.1 Å². The van der Waals surface area contributed by atoms with Gasteiger partial charge in [0, 0.05) is 5.54 Å². The van der Waals surface area contributed by atoms with Crippen LogP contribution >= 0.6 is 11.6 Å². The van der Waals surface area contributed by atoms with E-state index in [9.17, 15) is 4.79 Å². The van der Waals surface area contributed by atoms with E-state index in [2.05, 4.69) is 17.4 Å². The zero-order valence-electron chi connectivity index (χ0n) is 13.7. The van der Waals surface area contributed by atoms with Crippen molar-refractivity contribution in [2.75, 3.05) is 0 Å². The maximum Gasteiger partial charge on any atom is 0.261 e. The van der Waals surface area contributed by atoms with Crippen LogP contribution in [0.2, 0.25) is 5.02 Å². The molecular weight excluding hydrogens is 310 g/mol. The van der Waals surface area contributed by atoms with Gasteiger partial charge in [-0.15, -0.1) is 0 Å². The van der Waals surface area contributed by atoms with Crippen LogP contribution in [0.1, 0.15) is 26.3 Å². The van der Waals surface area contributed by atoms with Gasteiger partial charge in [-0.05, 0) is 44.9 Å². The molecule has 1 atom stereocenters. The third-order valence-corrected chi connectivity index (χ3v) is 3.77. The van der Waals surface area contributed by atoms with Crippen molar-refractivity contribution in [2.45, 2.75) is 38.8 Å². The van der Waals surface area contributed by atoms with Gasteiger partial charge in [-0.1, -0.05) is 54.1 Å². The van der Waals surface area contributed by atoms with Crippen LogP contribution in [-0.4, -0.2) is 17.6 Å². The van der Waals surface area contributed by atoms with Gasteiger partial charge >= 0.3 is 0 Å². The second kappa shape index (κ2) is 7.51. The molecule has 2 rings (SSSR count). The molecule has 1 N–H and O–H groups in total. The Balaban J connectivity index is 1.96. The zero-order valence-corrected chi connectivity index (χ0v) is 14.4. The average Bonchev–Trinajstić information content (AvgIpc) is 2.49. The fourth-order valence-corrected chi connectivity index (χ4v) is 2.55. The molecule has 0 saturated heterocycles. The summed E-state index contributed by atoms with van der Waals surface area (Å²) < 4.78 is 5.66. The molecule has 0 aromatic heterocycles. The molecule has 122 valence electrons. The third-order valence-electron chi connectivity index (χ3n) is 3.46. The Morgan fingerprint density at radius 3 is 2.39 bits per heavy atom. The lowest BCUT2D eigenvalue weighted by Crippen LogP contribution is -2.49. The number of carbonyl (C=O) groups is 1. The fraction of sp³-hybridized carbons (Fsp3) is 0.316. The second-order valence-electron chi connectivity index (χ2n) is 6.23. The summed E-state index contributed by atoms with van der Waals surface area (Å²) in [4.78, 5) is 12.4. The highest BCUT2D eigenvalue weighted by atomic mass is 35.5. The van der Waals surface area contributed by atoms with E-state index in [1.54, 1.807) is 19.1 Å². The van der Waals surface area contributed by atoms with Crippen molar-refractivity contribution in [3.05, 3.63) is 65.2 Å². The van der Waals surface area contributed by atoms with Crippen LogP contribution in [0.3, 0.4) is 0 Å². The van der Waals surface area contributed by atoms with Crippen molar-refractivity contribution in [3.8, 4) is 5.75 Å². The summed E-state index contributed by atoms with van der Waals surface area (Å²) >= 11 is 6.06. The first kappa shape index (κ1) is 17.4. The van der Waals surface area contributed by atoms with Gasteiger partial charge in [-0.3, -0.25) is 4.79 Å². The van der Waals surface area contributed by atoms with Gasteiger partial charge in [0.15, 0.2) is 6.10 Å². The summed E-state index contributed by atoms with van der Waals surface area (Å²) in [6.45, 7) is 5.72. The largest absolute Gasteiger partial charge is 0.479 e. The smallest absolute Gasteiger partial charge is 0.261 e. The average molecular weight is 332 g/mol. The topological polar surface area (TPSA) is 38.3 Å². The predicted octanol–water partition coefficient (Wildman–Crippen LogP) is 4.24. The van der Waals surface area contributed by atoms with Gasteiger partial charge in [0.1, 0.15) is 5.75 Å². The third kappa shape index (κ3) is 5.29. The van der Waals surface area contributed by atoms with Gasteiger partial charge in [0.2, 0.25) is 0 Å². The van der Waals surface area contributed by atoms with E-state index in [0.29, 0.717) is 10.8 Å². The molecule has 0 spiro atoms. The molecular formula is C19H22ClNO2. The highest BCUT2D eigenvalue weighted by Gasteiger charge is 2.25. The first-order valence-corrected chi connectivity index (χ1v) is 8.02. The fourth-order valence-electron chi connectivity index (χ4n) is 2.37. The molecule has 0 saturated carbocycles. The number of ether oxygens (including phenoxy) is 1. The van der Waals surface area contributed by atoms with Crippen molar-refractivity contribution in [1.29, 1.82) is 0 Å². The SMILES string of the molecule is C[C@H](Oc1ccccc1Cl)C(=O)NC(C)(C)Cc1ccccc1. The first-order valence-electron chi connectivity index (χ1n) is 7.64. The molecule has 0 aliphatic heterocycles. The number of hydrogen-bond acceptors (Lipinski definition) is 2. The molecule has 2 aromatic rings. The summed E-state index contributed by atoms with van der Waals surface area (Å²) in [7, 11) is 0. The molecule has 2 aromatic carbocycles. The summed E-state index contributed by atoms with van der Waals surface area (Å²) in [5.74, 6) is 0.350. The van der Waals surface area contributed by atoms with Gasteiger partial charge in [-0.25, -0.2) is 0 Å². The van der Waals surface area contributed by atoms with Crippen LogP contribution in [0.5, 0.6) is 5.75 Å². The highest BCUT2D eigenvalue weighted by molar-refractivity contribution is 6.32. The summed E-state index contributed by atoms with van der Waals surface area (Å²) in [5.41, 5.74) is 0.814. The normalized spacial score (nSPS) is 12.5. The number of para-hydroxylation sites is 1. The lowest BCUT2D eigenvalue weighted by Gasteiger charge is -2.28. The van der Waals surface area contributed by atoms with Crippen molar-refractivity contribution < 1.29 is 9.53 Å². The van der Waals surface area contributed by atoms with Crippen LogP contribution in [0.15, 0.2) is 54.6 Å². The maximum atomic E-state index is 12.4. The minimum absolute atomic E-state index is 0.161. The molecule has 4 heteroatoms. The lowest BCUT2D eigenvalue weighted by molar-refractivity contribution is -0.128. The zero-order chi connectivity index (χ0) is 16.9. The number of rotatable bonds is 6. The number of benzene rings is 2. The van der Waals surface area contributed by atoms with Crippen molar-refractivity contribution >= 4 is 17.5 Å². The minimum Gasteiger partial charge on any atom is -0.479 e. The van der Waals surface area contributed by atoms with Gasteiger partial charge in [0.05, 0.1) is 5.02 Å². The molecule has 1 amide bonds. The quantitative estimate of drug-likeness (QED) is 0.859. The molecule has 0 bridgehead atoms. The number of amides is 1. The van der Waals surface area contributed by atoms with Crippen LogP contribution in [-0.2, 0) is 11.2 Å². The Bertz CT molecular complexity index is 655. The molecule has 0 radical (unpaired) electrons. The molecule has 0 fully saturated rings. The highest BCUT2D eigenvalue weighted by Crippen LogP contribution is 2.24. The summed E-state index contributed by atoms with van der Waals surface area (Å²) in [5, 5.41) is 3.53. The minimum atomic E-state index is -0.620. The maximum absolute atomic E-state index is 12.4. The number of hydrogen-bond donors (Lipinski definition) is 1. The number of halogens is 1. The molecule has 23 heavy (non-hydrogen) atoms. The number of nitrogens with one attached hydrogen (secondary N) is 1. The Labute approximate surface area is 142 Å². The van der Waals surface area contributed by atoms with Gasteiger partial charge in [-0.2, -0.15) is 0 Å². The van der Waals surface area contributed by atoms with Crippen LogP contribution in [0.25, 0.3) is 0 Å². The monoisotopic (exact) mass is 331 g/mol.